The molecule has 0 bridgehead atoms. The van der Waals surface area contributed by atoms with Crippen LogP contribution >= 0.6 is 11.6 Å². The van der Waals surface area contributed by atoms with Gasteiger partial charge >= 0.3 is 0 Å². The molecule has 2 N–H and O–H groups in total. The van der Waals surface area contributed by atoms with Gasteiger partial charge in [-0.1, -0.05) is 55.3 Å². The molecule has 1 atom stereocenters. The van der Waals surface area contributed by atoms with Gasteiger partial charge in [0.2, 0.25) is 0 Å². The molecule has 1 aliphatic carbocycles. The first-order valence-corrected chi connectivity index (χ1v) is 13.9. The average Bonchev–Trinajstić information content (AvgIpc) is 2.88. The topological polar surface area (TPSA) is 79.3 Å². The Morgan fingerprint density at radius 3 is 2.45 bits per heavy atom. The highest BCUT2D eigenvalue weighted by Crippen LogP contribution is 2.51. The van der Waals surface area contributed by atoms with E-state index in [4.69, 9.17) is 22.1 Å². The van der Waals surface area contributed by atoms with Gasteiger partial charge in [0.15, 0.2) is 5.78 Å². The zero-order chi connectivity index (χ0) is 28.8. The van der Waals surface area contributed by atoms with Crippen molar-refractivity contribution < 1.29 is 9.53 Å². The summed E-state index contributed by atoms with van der Waals surface area (Å²) in [7, 11) is 0. The Morgan fingerprint density at radius 2 is 1.77 bits per heavy atom. The summed E-state index contributed by atoms with van der Waals surface area (Å²) in [5.41, 5.74) is 14.4. The van der Waals surface area contributed by atoms with Crippen molar-refractivity contribution in [2.75, 3.05) is 4.90 Å². The van der Waals surface area contributed by atoms with Crippen LogP contribution in [0.3, 0.4) is 0 Å². The molecule has 204 valence electrons. The molecule has 0 radical (unpaired) electrons. The first-order valence-electron chi connectivity index (χ1n) is 13.5. The van der Waals surface area contributed by atoms with Crippen LogP contribution in [0.15, 0.2) is 83.3 Å². The minimum absolute atomic E-state index is 0.0639. The summed E-state index contributed by atoms with van der Waals surface area (Å²) in [5, 5.41) is 11.2. The van der Waals surface area contributed by atoms with E-state index in [0.29, 0.717) is 41.4 Å². The van der Waals surface area contributed by atoms with Crippen LogP contribution in [-0.2, 0) is 11.4 Å². The van der Waals surface area contributed by atoms with E-state index in [1.807, 2.05) is 62.1 Å². The molecule has 3 aromatic rings. The van der Waals surface area contributed by atoms with Gasteiger partial charge in [0.25, 0.3) is 0 Å². The number of anilines is 1. The number of allylic oxidation sites excluding steroid dienone is 3. The number of hydrogen-bond donors (Lipinski definition) is 1. The number of carbonyl (C=O) groups is 1. The van der Waals surface area contributed by atoms with Gasteiger partial charge < -0.3 is 10.5 Å². The van der Waals surface area contributed by atoms with Gasteiger partial charge in [0, 0.05) is 28.4 Å². The van der Waals surface area contributed by atoms with E-state index < -0.39 is 5.92 Å². The summed E-state index contributed by atoms with van der Waals surface area (Å²) in [5.74, 6) is 0.616. The molecule has 0 fully saturated rings. The number of Topliss-reactive ketones (excluding diaryl/α,β-unsaturated/α-hetero) is 1. The number of nitrogens with zero attached hydrogens (tertiary/aromatic N) is 2. The Kier molecular flexibility index (Phi) is 7.25. The SMILES string of the molecule is Cc1cccc(N2C(N)=C(C#N)C(c3cc(C)cc(COc4ccc(Cl)cc4)c3C)C3=C2CC(C)(C)CC3=O)c1. The van der Waals surface area contributed by atoms with Gasteiger partial charge in [-0.15, -0.1) is 0 Å². The van der Waals surface area contributed by atoms with Crippen LogP contribution in [0, 0.1) is 37.5 Å². The van der Waals surface area contributed by atoms with Crippen LogP contribution in [0.2, 0.25) is 5.02 Å². The second kappa shape index (κ2) is 10.5. The molecule has 1 heterocycles. The number of benzene rings is 3. The van der Waals surface area contributed by atoms with Crippen molar-refractivity contribution >= 4 is 23.1 Å². The van der Waals surface area contributed by atoms with E-state index in [0.717, 1.165) is 45.0 Å². The lowest BCUT2D eigenvalue weighted by Crippen LogP contribution is -2.42. The fourth-order valence-corrected chi connectivity index (χ4v) is 6.11. The third-order valence-electron chi connectivity index (χ3n) is 7.86. The maximum Gasteiger partial charge on any atom is 0.162 e. The van der Waals surface area contributed by atoms with Gasteiger partial charge in [0.1, 0.15) is 18.2 Å². The average molecular weight is 552 g/mol. The van der Waals surface area contributed by atoms with Gasteiger partial charge in [-0.25, -0.2) is 0 Å². The molecule has 1 unspecified atom stereocenters. The van der Waals surface area contributed by atoms with Crippen LogP contribution in [0.25, 0.3) is 0 Å². The number of rotatable bonds is 5. The van der Waals surface area contributed by atoms with E-state index in [9.17, 15) is 10.1 Å². The highest BCUT2D eigenvalue weighted by Gasteiger charge is 2.45. The molecule has 2 aliphatic rings. The number of ether oxygens (including phenoxy) is 1. The van der Waals surface area contributed by atoms with Crippen LogP contribution in [0.1, 0.15) is 60.4 Å². The maximum absolute atomic E-state index is 14.0. The number of nitriles is 1. The summed E-state index contributed by atoms with van der Waals surface area (Å²) < 4.78 is 6.09. The summed E-state index contributed by atoms with van der Waals surface area (Å²) in [4.78, 5) is 15.9. The Balaban J connectivity index is 1.67. The van der Waals surface area contributed by atoms with Crippen LogP contribution < -0.4 is 15.4 Å². The number of carbonyl (C=O) groups excluding carboxylic acids is 1. The van der Waals surface area contributed by atoms with E-state index in [2.05, 4.69) is 32.0 Å². The second-order valence-corrected chi connectivity index (χ2v) is 12.1. The number of nitrogens with two attached hydrogens (primary N) is 1. The van der Waals surface area contributed by atoms with Crippen molar-refractivity contribution in [2.45, 2.75) is 60.0 Å². The first kappa shape index (κ1) is 27.6. The minimum Gasteiger partial charge on any atom is -0.489 e. The molecule has 1 aliphatic heterocycles. The molecule has 0 spiro atoms. The van der Waals surface area contributed by atoms with Crippen LogP contribution in [0.5, 0.6) is 5.75 Å². The van der Waals surface area contributed by atoms with Gasteiger partial charge in [-0.3, -0.25) is 9.69 Å². The number of ketones is 1. The van der Waals surface area contributed by atoms with Gasteiger partial charge in [-0.2, -0.15) is 5.26 Å². The molecule has 5 rings (SSSR count). The summed E-state index contributed by atoms with van der Waals surface area (Å²) in [6.07, 6.45) is 1.09. The lowest BCUT2D eigenvalue weighted by atomic mass is 9.68. The molecule has 0 aromatic heterocycles. The Hall–Kier alpha value is -4.01. The Morgan fingerprint density at radius 1 is 1.05 bits per heavy atom. The largest absolute Gasteiger partial charge is 0.489 e. The molecule has 6 heteroatoms. The van der Waals surface area contributed by atoms with E-state index in [1.54, 1.807) is 12.1 Å². The summed E-state index contributed by atoms with van der Waals surface area (Å²) >= 11 is 6.03. The van der Waals surface area contributed by atoms with Gasteiger partial charge in [-0.05, 0) is 91.3 Å². The third kappa shape index (κ3) is 5.12. The quantitative estimate of drug-likeness (QED) is 0.350. The number of hydrogen-bond acceptors (Lipinski definition) is 5. The molecule has 0 amide bonds. The second-order valence-electron chi connectivity index (χ2n) is 11.7. The lowest BCUT2D eigenvalue weighted by molar-refractivity contribution is -0.118. The minimum atomic E-state index is -0.543. The van der Waals surface area contributed by atoms with Crippen molar-refractivity contribution in [3.8, 4) is 11.8 Å². The first-order chi connectivity index (χ1) is 19.0. The maximum atomic E-state index is 14.0. The number of aryl methyl sites for hydroxylation is 2. The summed E-state index contributed by atoms with van der Waals surface area (Å²) in [6.45, 7) is 10.7. The zero-order valence-corrected chi connectivity index (χ0v) is 24.4. The van der Waals surface area contributed by atoms with Crippen LogP contribution in [-0.4, -0.2) is 5.78 Å². The van der Waals surface area contributed by atoms with Crippen molar-refractivity contribution in [1.29, 1.82) is 5.26 Å². The van der Waals surface area contributed by atoms with E-state index in [-0.39, 0.29) is 11.2 Å². The molecule has 0 saturated heterocycles. The molecule has 40 heavy (non-hydrogen) atoms. The number of halogens is 1. The van der Waals surface area contributed by atoms with E-state index in [1.165, 1.54) is 0 Å². The monoisotopic (exact) mass is 551 g/mol. The van der Waals surface area contributed by atoms with Crippen molar-refractivity contribution in [3.63, 3.8) is 0 Å². The summed E-state index contributed by atoms with van der Waals surface area (Å²) in [6, 6.07) is 21.9. The standard InChI is InChI=1S/C34H34ClN3O2/c1-20-7-6-8-25(14-20)38-29-16-34(4,5)17-30(39)32(29)31(28(18-36)33(38)37)27-15-21(2)13-23(22(27)3)19-40-26-11-9-24(35)10-12-26/h6-15,31H,16-17,19,37H2,1-5H3. The predicted molar refractivity (Wildman–Crippen MR) is 160 cm³/mol. The zero-order valence-electron chi connectivity index (χ0n) is 23.6. The van der Waals surface area contributed by atoms with Gasteiger partial charge in [0.05, 0.1) is 17.6 Å². The van der Waals surface area contributed by atoms with Crippen molar-refractivity contribution in [3.05, 3.63) is 116 Å². The highest BCUT2D eigenvalue weighted by molar-refractivity contribution is 6.30. The molecule has 3 aromatic carbocycles. The van der Waals surface area contributed by atoms with E-state index >= 15 is 0 Å². The van der Waals surface area contributed by atoms with Crippen LogP contribution in [0.4, 0.5) is 5.69 Å². The Bertz CT molecular complexity index is 1610. The highest BCUT2D eigenvalue weighted by atomic mass is 35.5. The lowest BCUT2D eigenvalue weighted by Gasteiger charge is -2.44. The van der Waals surface area contributed by atoms with Crippen molar-refractivity contribution in [1.82, 2.24) is 0 Å². The third-order valence-corrected chi connectivity index (χ3v) is 8.11. The fraction of sp³-hybridized carbons (Fsp3) is 0.294. The molecule has 0 saturated carbocycles. The normalized spacial score (nSPS) is 18.5. The molecular formula is C34H34ClN3O2. The fourth-order valence-electron chi connectivity index (χ4n) is 5.99. The molecule has 5 nitrogen and oxygen atoms in total. The van der Waals surface area contributed by atoms with Crippen molar-refractivity contribution in [2.24, 2.45) is 11.1 Å². The Labute approximate surface area is 241 Å². The molecular weight excluding hydrogens is 518 g/mol. The smallest absolute Gasteiger partial charge is 0.162 e. The predicted octanol–water partition coefficient (Wildman–Crippen LogP) is 7.79.